The lowest BCUT2D eigenvalue weighted by atomic mass is 10.1. The van der Waals surface area contributed by atoms with E-state index in [2.05, 4.69) is 16.0 Å². The number of oxazole rings is 1. The summed E-state index contributed by atoms with van der Waals surface area (Å²) in [5.74, 6) is 1.11. The maximum absolute atomic E-state index is 9.32. The van der Waals surface area contributed by atoms with Gasteiger partial charge in [-0.15, -0.1) is 0 Å². The fraction of sp³-hybridized carbons (Fsp3) is 0.167. The maximum Gasteiger partial charge on any atom is 0.226 e. The fourth-order valence-corrected chi connectivity index (χ4v) is 3.48. The molecule has 0 bridgehead atoms. The molecule has 0 N–H and O–H groups in total. The molecule has 3 rings (SSSR count). The van der Waals surface area contributed by atoms with Crippen LogP contribution in [0.3, 0.4) is 0 Å². The van der Waals surface area contributed by atoms with Crippen LogP contribution in [0.15, 0.2) is 46.0 Å². The van der Waals surface area contributed by atoms with Crippen LogP contribution in [0.25, 0.3) is 11.5 Å². The predicted octanol–water partition coefficient (Wildman–Crippen LogP) is 5.17. The molecule has 0 saturated carbocycles. The van der Waals surface area contributed by atoms with E-state index in [4.69, 9.17) is 16.0 Å². The Hall–Kier alpha value is -2.29. The van der Waals surface area contributed by atoms with Crippen molar-refractivity contribution in [2.45, 2.75) is 24.6 Å². The Morgan fingerprint density at radius 1 is 1.25 bits per heavy atom. The van der Waals surface area contributed by atoms with Gasteiger partial charge in [-0.2, -0.15) is 5.26 Å². The van der Waals surface area contributed by atoms with Gasteiger partial charge in [0.15, 0.2) is 0 Å². The number of aromatic nitrogens is 2. The number of benzene rings is 1. The fourth-order valence-electron chi connectivity index (χ4n) is 2.31. The lowest BCUT2D eigenvalue weighted by Crippen LogP contribution is -1.94. The van der Waals surface area contributed by atoms with E-state index in [0.717, 1.165) is 27.5 Å². The Kier molecular flexibility index (Phi) is 4.89. The van der Waals surface area contributed by atoms with Gasteiger partial charge in [0.1, 0.15) is 17.4 Å². The van der Waals surface area contributed by atoms with E-state index in [1.54, 1.807) is 12.3 Å². The minimum Gasteiger partial charge on any atom is -0.444 e. The molecule has 0 saturated heterocycles. The molecule has 0 fully saturated rings. The summed E-state index contributed by atoms with van der Waals surface area (Å²) in [5, 5.41) is 10.7. The molecule has 2 aromatic heterocycles. The summed E-state index contributed by atoms with van der Waals surface area (Å²) < 4.78 is 5.53. The summed E-state index contributed by atoms with van der Waals surface area (Å²) in [6.07, 6.45) is 1.62. The monoisotopic (exact) mass is 355 g/mol. The van der Waals surface area contributed by atoms with Gasteiger partial charge >= 0.3 is 0 Å². The van der Waals surface area contributed by atoms with E-state index in [1.807, 2.05) is 38.1 Å². The molecule has 6 heteroatoms. The van der Waals surface area contributed by atoms with Crippen LogP contribution >= 0.6 is 23.4 Å². The molecule has 0 amide bonds. The quantitative estimate of drug-likeness (QED) is 0.604. The molecular formula is C18H14ClN3OS. The van der Waals surface area contributed by atoms with Crippen molar-refractivity contribution in [2.24, 2.45) is 0 Å². The highest BCUT2D eigenvalue weighted by atomic mass is 35.5. The summed E-state index contributed by atoms with van der Waals surface area (Å²) in [6.45, 7) is 3.84. The smallest absolute Gasteiger partial charge is 0.226 e. The molecule has 0 radical (unpaired) electrons. The first-order valence-corrected chi connectivity index (χ1v) is 8.64. The van der Waals surface area contributed by atoms with Crippen molar-refractivity contribution in [2.75, 3.05) is 0 Å². The van der Waals surface area contributed by atoms with Gasteiger partial charge in [0.2, 0.25) is 5.89 Å². The third-order valence-electron chi connectivity index (χ3n) is 3.40. The largest absolute Gasteiger partial charge is 0.444 e. The Morgan fingerprint density at radius 3 is 2.83 bits per heavy atom. The highest BCUT2D eigenvalue weighted by molar-refractivity contribution is 7.98. The van der Waals surface area contributed by atoms with Crippen LogP contribution in [0.2, 0.25) is 5.02 Å². The number of thioether (sulfide) groups is 1. The van der Waals surface area contributed by atoms with Crippen LogP contribution in [0.1, 0.15) is 22.5 Å². The van der Waals surface area contributed by atoms with Gasteiger partial charge in [-0.1, -0.05) is 29.4 Å². The molecule has 0 atom stereocenters. The van der Waals surface area contributed by atoms with E-state index in [0.29, 0.717) is 22.2 Å². The number of hydrogen-bond acceptors (Lipinski definition) is 5. The van der Waals surface area contributed by atoms with Crippen molar-refractivity contribution in [3.05, 3.63) is 64.1 Å². The molecule has 0 unspecified atom stereocenters. The van der Waals surface area contributed by atoms with E-state index in [9.17, 15) is 5.26 Å². The zero-order valence-corrected chi connectivity index (χ0v) is 14.8. The molecule has 1 aromatic carbocycles. The third-order valence-corrected chi connectivity index (χ3v) is 4.65. The normalized spacial score (nSPS) is 10.6. The molecular weight excluding hydrogens is 342 g/mol. The zero-order valence-electron chi connectivity index (χ0n) is 13.2. The summed E-state index contributed by atoms with van der Waals surface area (Å²) >= 11 is 7.48. The zero-order chi connectivity index (χ0) is 17.1. The number of nitriles is 1. The van der Waals surface area contributed by atoms with Gasteiger partial charge in [0.25, 0.3) is 0 Å². The highest BCUT2D eigenvalue weighted by Crippen LogP contribution is 2.28. The van der Waals surface area contributed by atoms with Crippen LogP contribution < -0.4 is 0 Å². The SMILES string of the molecule is Cc1cc(C)c(C#N)c(SCc2coc(-c3cccc(Cl)c3)n2)n1. The Bertz CT molecular complexity index is 930. The summed E-state index contributed by atoms with van der Waals surface area (Å²) in [5.41, 5.74) is 4.08. The van der Waals surface area contributed by atoms with Gasteiger partial charge in [-0.3, -0.25) is 0 Å². The average Bonchev–Trinajstić information content (AvgIpc) is 3.01. The van der Waals surface area contributed by atoms with Crippen molar-refractivity contribution in [3.8, 4) is 17.5 Å². The Balaban J connectivity index is 1.78. The number of rotatable bonds is 4. The number of hydrogen-bond donors (Lipinski definition) is 0. The van der Waals surface area contributed by atoms with Crippen LogP contribution in [0.5, 0.6) is 0 Å². The van der Waals surface area contributed by atoms with Crippen LogP contribution in [0, 0.1) is 25.2 Å². The molecule has 4 nitrogen and oxygen atoms in total. The standard InChI is InChI=1S/C18H14ClN3OS/c1-11-6-12(2)21-18(16(11)8-20)24-10-15-9-23-17(22-15)13-4-3-5-14(19)7-13/h3-7,9H,10H2,1-2H3. The van der Waals surface area contributed by atoms with E-state index < -0.39 is 0 Å². The average molecular weight is 356 g/mol. The second-order valence-electron chi connectivity index (χ2n) is 5.32. The number of aryl methyl sites for hydroxylation is 2. The van der Waals surface area contributed by atoms with Crippen molar-refractivity contribution in [1.82, 2.24) is 9.97 Å². The predicted molar refractivity (Wildman–Crippen MR) is 94.9 cm³/mol. The number of nitrogens with zero attached hydrogens (tertiary/aromatic N) is 3. The molecule has 120 valence electrons. The lowest BCUT2D eigenvalue weighted by Gasteiger charge is -2.06. The minimum absolute atomic E-state index is 0.530. The number of pyridine rings is 1. The van der Waals surface area contributed by atoms with E-state index in [-0.39, 0.29) is 0 Å². The van der Waals surface area contributed by atoms with Crippen molar-refractivity contribution >= 4 is 23.4 Å². The van der Waals surface area contributed by atoms with Crippen LogP contribution in [0.4, 0.5) is 0 Å². The van der Waals surface area contributed by atoms with E-state index in [1.165, 1.54) is 11.8 Å². The lowest BCUT2D eigenvalue weighted by molar-refractivity contribution is 0.573. The van der Waals surface area contributed by atoms with Crippen LogP contribution in [-0.4, -0.2) is 9.97 Å². The molecule has 0 spiro atoms. The molecule has 3 aromatic rings. The molecule has 24 heavy (non-hydrogen) atoms. The third kappa shape index (κ3) is 3.61. The molecule has 0 aliphatic rings. The van der Waals surface area contributed by atoms with Gasteiger partial charge < -0.3 is 4.42 Å². The molecule has 2 heterocycles. The second kappa shape index (κ2) is 7.08. The topological polar surface area (TPSA) is 62.7 Å². The van der Waals surface area contributed by atoms with Crippen molar-refractivity contribution < 1.29 is 4.42 Å². The first-order chi connectivity index (χ1) is 11.6. The van der Waals surface area contributed by atoms with Crippen molar-refractivity contribution in [3.63, 3.8) is 0 Å². The number of halogens is 1. The Labute approximate surface area is 149 Å². The van der Waals surface area contributed by atoms with Gasteiger partial charge in [-0.05, 0) is 43.7 Å². The van der Waals surface area contributed by atoms with Gasteiger partial charge in [0, 0.05) is 22.0 Å². The first kappa shape index (κ1) is 16.6. The van der Waals surface area contributed by atoms with Gasteiger partial charge in [0.05, 0.1) is 11.3 Å². The van der Waals surface area contributed by atoms with Crippen LogP contribution in [-0.2, 0) is 5.75 Å². The van der Waals surface area contributed by atoms with Crippen molar-refractivity contribution in [1.29, 1.82) is 5.26 Å². The summed E-state index contributed by atoms with van der Waals surface area (Å²) in [6, 6.07) is 11.5. The Morgan fingerprint density at radius 2 is 2.08 bits per heavy atom. The van der Waals surface area contributed by atoms with Gasteiger partial charge in [-0.25, -0.2) is 9.97 Å². The summed E-state index contributed by atoms with van der Waals surface area (Å²) in [7, 11) is 0. The second-order valence-corrected chi connectivity index (χ2v) is 6.72. The minimum atomic E-state index is 0.530. The molecule has 0 aliphatic heterocycles. The maximum atomic E-state index is 9.32. The first-order valence-electron chi connectivity index (χ1n) is 7.28. The summed E-state index contributed by atoms with van der Waals surface area (Å²) in [4.78, 5) is 8.94. The highest BCUT2D eigenvalue weighted by Gasteiger charge is 2.12. The van der Waals surface area contributed by atoms with E-state index >= 15 is 0 Å². The molecule has 0 aliphatic carbocycles.